The van der Waals surface area contributed by atoms with Crippen LogP contribution in [0.3, 0.4) is 0 Å². The molecule has 0 saturated heterocycles. The molecule has 0 atom stereocenters. The number of ether oxygens (including phenoxy) is 1. The van der Waals surface area contributed by atoms with Gasteiger partial charge in [-0.25, -0.2) is 4.98 Å². The number of guanidine groups is 1. The largest absolute Gasteiger partial charge is 0.495 e. The molecule has 0 amide bonds. The quantitative estimate of drug-likeness (QED) is 0.658. The van der Waals surface area contributed by atoms with E-state index >= 15 is 0 Å². The molecule has 6 heteroatoms. The van der Waals surface area contributed by atoms with Crippen LogP contribution >= 0.6 is 11.3 Å². The van der Waals surface area contributed by atoms with Gasteiger partial charge < -0.3 is 15.8 Å². The summed E-state index contributed by atoms with van der Waals surface area (Å²) < 4.78 is 5.25. The summed E-state index contributed by atoms with van der Waals surface area (Å²) in [6.07, 6.45) is 0.799. The highest BCUT2D eigenvalue weighted by Crippen LogP contribution is 2.22. The Morgan fingerprint density at radius 3 is 2.81 bits per heavy atom. The third-order valence-electron chi connectivity index (χ3n) is 3.05. The minimum atomic E-state index is 0.379. The number of nitrogens with zero attached hydrogens (tertiary/aromatic N) is 2. The Morgan fingerprint density at radius 2 is 2.14 bits per heavy atom. The predicted octanol–water partition coefficient (Wildman–Crippen LogP) is 2.74. The Kier molecular flexibility index (Phi) is 5.16. The normalized spacial score (nSPS) is 11.5. The highest BCUT2D eigenvalue weighted by Gasteiger charge is 2.04. The van der Waals surface area contributed by atoms with Crippen molar-refractivity contribution in [2.24, 2.45) is 10.7 Å². The molecule has 0 spiro atoms. The Hall–Kier alpha value is -2.08. The molecule has 0 unspecified atom stereocenters. The van der Waals surface area contributed by atoms with Crippen LogP contribution in [0.2, 0.25) is 0 Å². The Morgan fingerprint density at radius 1 is 1.38 bits per heavy atom. The van der Waals surface area contributed by atoms with Gasteiger partial charge in [0.05, 0.1) is 23.5 Å². The SMILES string of the molecule is COc1ccccc1NC(N)=NCCc1nc(C)c(C)s1. The molecule has 2 rings (SSSR count). The van der Waals surface area contributed by atoms with Crippen molar-refractivity contribution in [3.05, 3.63) is 39.8 Å². The van der Waals surface area contributed by atoms with E-state index in [1.165, 1.54) is 4.88 Å². The molecule has 1 aromatic heterocycles. The van der Waals surface area contributed by atoms with Crippen molar-refractivity contribution in [3.63, 3.8) is 0 Å². The number of methoxy groups -OCH3 is 1. The van der Waals surface area contributed by atoms with Gasteiger partial charge in [-0.3, -0.25) is 4.99 Å². The van der Waals surface area contributed by atoms with Gasteiger partial charge in [-0.15, -0.1) is 11.3 Å². The smallest absolute Gasteiger partial charge is 0.193 e. The van der Waals surface area contributed by atoms with Gasteiger partial charge in [-0.05, 0) is 26.0 Å². The van der Waals surface area contributed by atoms with Crippen LogP contribution in [0, 0.1) is 13.8 Å². The molecule has 5 nitrogen and oxygen atoms in total. The lowest BCUT2D eigenvalue weighted by atomic mass is 10.3. The first-order chi connectivity index (χ1) is 10.1. The van der Waals surface area contributed by atoms with E-state index in [4.69, 9.17) is 10.5 Å². The van der Waals surface area contributed by atoms with Gasteiger partial charge in [-0.1, -0.05) is 12.1 Å². The number of benzene rings is 1. The summed E-state index contributed by atoms with van der Waals surface area (Å²) in [5.41, 5.74) is 7.80. The molecule has 0 saturated carbocycles. The van der Waals surface area contributed by atoms with E-state index in [2.05, 4.69) is 22.2 Å². The van der Waals surface area contributed by atoms with Crippen LogP contribution in [0.5, 0.6) is 5.75 Å². The number of hydrogen-bond acceptors (Lipinski definition) is 4. The molecule has 0 fully saturated rings. The lowest BCUT2D eigenvalue weighted by Gasteiger charge is -2.09. The van der Waals surface area contributed by atoms with Crippen LogP contribution in [0.4, 0.5) is 5.69 Å². The number of thiazole rings is 1. The van der Waals surface area contributed by atoms with Crippen LogP contribution in [-0.2, 0) is 6.42 Å². The summed E-state index contributed by atoms with van der Waals surface area (Å²) >= 11 is 1.71. The number of aliphatic imine (C=N–C) groups is 1. The van der Waals surface area contributed by atoms with Gasteiger partial charge in [-0.2, -0.15) is 0 Å². The van der Waals surface area contributed by atoms with Gasteiger partial charge in [0.25, 0.3) is 0 Å². The van der Waals surface area contributed by atoms with Crippen molar-refractivity contribution in [3.8, 4) is 5.75 Å². The number of aryl methyl sites for hydroxylation is 2. The van der Waals surface area contributed by atoms with E-state index in [1.54, 1.807) is 18.4 Å². The van der Waals surface area contributed by atoms with E-state index in [9.17, 15) is 0 Å². The summed E-state index contributed by atoms with van der Waals surface area (Å²) in [7, 11) is 1.63. The minimum Gasteiger partial charge on any atom is -0.495 e. The molecule has 0 radical (unpaired) electrons. The van der Waals surface area contributed by atoms with E-state index in [-0.39, 0.29) is 0 Å². The Bertz CT molecular complexity index is 617. The van der Waals surface area contributed by atoms with Gasteiger partial charge >= 0.3 is 0 Å². The fourth-order valence-corrected chi connectivity index (χ4v) is 2.77. The summed E-state index contributed by atoms with van der Waals surface area (Å²) in [6.45, 7) is 4.72. The Balaban J connectivity index is 1.92. The van der Waals surface area contributed by atoms with Crippen LogP contribution in [0.25, 0.3) is 0 Å². The fraction of sp³-hybridized carbons (Fsp3) is 0.333. The van der Waals surface area contributed by atoms with Crippen molar-refractivity contribution in [2.45, 2.75) is 20.3 Å². The van der Waals surface area contributed by atoms with Crippen LogP contribution in [0.15, 0.2) is 29.3 Å². The van der Waals surface area contributed by atoms with E-state index in [0.29, 0.717) is 12.5 Å². The number of nitrogens with two attached hydrogens (primary N) is 1. The number of para-hydroxylation sites is 2. The molecule has 112 valence electrons. The van der Waals surface area contributed by atoms with E-state index < -0.39 is 0 Å². The molecule has 0 aliphatic rings. The second kappa shape index (κ2) is 7.08. The number of rotatable bonds is 5. The maximum atomic E-state index is 5.89. The number of anilines is 1. The molecule has 2 aromatic rings. The summed E-state index contributed by atoms with van der Waals surface area (Å²) in [6, 6.07) is 7.59. The van der Waals surface area contributed by atoms with Crippen molar-refractivity contribution in [1.82, 2.24) is 4.98 Å². The molecule has 1 aromatic carbocycles. The molecule has 0 bridgehead atoms. The van der Waals surface area contributed by atoms with Crippen LogP contribution < -0.4 is 15.8 Å². The monoisotopic (exact) mass is 304 g/mol. The summed E-state index contributed by atoms with van der Waals surface area (Å²) in [5.74, 6) is 1.12. The van der Waals surface area contributed by atoms with Gasteiger partial charge in [0, 0.05) is 17.8 Å². The van der Waals surface area contributed by atoms with E-state index in [1.807, 2.05) is 31.2 Å². The molecule has 0 aliphatic heterocycles. The number of aromatic nitrogens is 1. The molecular formula is C15H20N4OS. The van der Waals surface area contributed by atoms with Crippen LogP contribution in [0.1, 0.15) is 15.6 Å². The highest BCUT2D eigenvalue weighted by atomic mass is 32.1. The molecular weight excluding hydrogens is 284 g/mol. The first-order valence-electron chi connectivity index (χ1n) is 6.73. The maximum absolute atomic E-state index is 5.89. The van der Waals surface area contributed by atoms with Crippen molar-refractivity contribution in [2.75, 3.05) is 19.0 Å². The van der Waals surface area contributed by atoms with Crippen molar-refractivity contribution < 1.29 is 4.74 Å². The fourth-order valence-electron chi connectivity index (χ4n) is 1.84. The zero-order valence-electron chi connectivity index (χ0n) is 12.5. The predicted molar refractivity (Wildman–Crippen MR) is 88.4 cm³/mol. The first kappa shape index (κ1) is 15.3. The third kappa shape index (κ3) is 4.19. The first-order valence-corrected chi connectivity index (χ1v) is 7.54. The second-order valence-corrected chi connectivity index (χ2v) is 5.88. The third-order valence-corrected chi connectivity index (χ3v) is 4.18. The standard InChI is InChI=1S/C15H20N4OS/c1-10-11(2)21-14(18-10)8-9-17-15(16)19-12-6-4-5-7-13(12)20-3/h4-7H,8-9H2,1-3H3,(H3,16,17,19). The van der Waals surface area contributed by atoms with Gasteiger partial charge in [0.1, 0.15) is 5.75 Å². The lowest BCUT2D eigenvalue weighted by Crippen LogP contribution is -2.23. The Labute approximate surface area is 128 Å². The van der Waals surface area contributed by atoms with Gasteiger partial charge in [0.15, 0.2) is 5.96 Å². The number of hydrogen-bond donors (Lipinski definition) is 2. The van der Waals surface area contributed by atoms with Crippen LogP contribution in [-0.4, -0.2) is 24.6 Å². The van der Waals surface area contributed by atoms with Crippen molar-refractivity contribution in [1.29, 1.82) is 0 Å². The zero-order valence-corrected chi connectivity index (χ0v) is 13.3. The average molecular weight is 304 g/mol. The molecule has 21 heavy (non-hydrogen) atoms. The average Bonchev–Trinajstić information content (AvgIpc) is 2.78. The lowest BCUT2D eigenvalue weighted by molar-refractivity contribution is 0.417. The molecule has 0 aliphatic carbocycles. The topological polar surface area (TPSA) is 72.5 Å². The molecule has 3 N–H and O–H groups in total. The minimum absolute atomic E-state index is 0.379. The molecule has 1 heterocycles. The van der Waals surface area contributed by atoms with Crippen molar-refractivity contribution >= 4 is 23.0 Å². The second-order valence-electron chi connectivity index (χ2n) is 4.59. The van der Waals surface area contributed by atoms with E-state index in [0.717, 1.165) is 28.6 Å². The summed E-state index contributed by atoms with van der Waals surface area (Å²) in [5, 5.41) is 4.15. The van der Waals surface area contributed by atoms with Gasteiger partial charge in [0.2, 0.25) is 0 Å². The maximum Gasteiger partial charge on any atom is 0.193 e. The summed E-state index contributed by atoms with van der Waals surface area (Å²) in [4.78, 5) is 10.1. The zero-order chi connectivity index (χ0) is 15.2. The number of nitrogens with one attached hydrogen (secondary N) is 1. The highest BCUT2D eigenvalue weighted by molar-refractivity contribution is 7.11.